The smallest absolute Gasteiger partial charge is 0.408 e. The second kappa shape index (κ2) is 14.1. The predicted octanol–water partition coefficient (Wildman–Crippen LogP) is 5.84. The number of hydrogen-bond acceptors (Lipinski definition) is 4. The number of amides is 1. The number of ether oxygens (including phenoxy) is 2. The topological polar surface area (TPSA) is 64.6 Å². The third kappa shape index (κ3) is 10.3. The first-order valence-electron chi connectivity index (χ1n) is 11.2. The summed E-state index contributed by atoms with van der Waals surface area (Å²) in [4.78, 5) is 25.1. The van der Waals surface area contributed by atoms with Crippen molar-refractivity contribution in [2.45, 2.75) is 59.1 Å². The van der Waals surface area contributed by atoms with Crippen LogP contribution in [0.3, 0.4) is 0 Å². The third-order valence-electron chi connectivity index (χ3n) is 5.14. The van der Waals surface area contributed by atoms with E-state index in [0.29, 0.717) is 18.9 Å². The Kier molecular flexibility index (Phi) is 11.1. The summed E-state index contributed by atoms with van der Waals surface area (Å²) in [5.41, 5.74) is 3.14. The molecule has 0 heterocycles. The van der Waals surface area contributed by atoms with Gasteiger partial charge in [-0.2, -0.15) is 0 Å². The minimum absolute atomic E-state index is 0.142. The van der Waals surface area contributed by atoms with Gasteiger partial charge in [0.15, 0.2) is 0 Å². The summed E-state index contributed by atoms with van der Waals surface area (Å²) in [6.45, 7) is 6.82. The van der Waals surface area contributed by atoms with Crippen LogP contribution in [0.1, 0.15) is 51.2 Å². The van der Waals surface area contributed by atoms with Crippen LogP contribution in [-0.2, 0) is 27.3 Å². The predicted molar refractivity (Wildman–Crippen MR) is 127 cm³/mol. The first-order chi connectivity index (χ1) is 15.4. The highest BCUT2D eigenvalue weighted by Crippen LogP contribution is 2.13. The minimum Gasteiger partial charge on any atom is -0.464 e. The Balaban J connectivity index is 1.87. The van der Waals surface area contributed by atoms with Crippen LogP contribution in [0.2, 0.25) is 0 Å². The molecule has 0 saturated heterocycles. The van der Waals surface area contributed by atoms with Crippen molar-refractivity contribution < 1.29 is 19.1 Å². The SMILES string of the molecule is CC(C)=CCCC(C)CCOC(=O)[C@H](Cc1ccccc1)NC(=O)OCc1ccccc1. The summed E-state index contributed by atoms with van der Waals surface area (Å²) in [5, 5.41) is 2.68. The maximum absolute atomic E-state index is 12.7. The molecule has 32 heavy (non-hydrogen) atoms. The molecular formula is C27H35NO4. The van der Waals surface area contributed by atoms with Crippen LogP contribution >= 0.6 is 0 Å². The molecule has 1 amide bonds. The average molecular weight is 438 g/mol. The van der Waals surface area contributed by atoms with Crippen LogP contribution in [-0.4, -0.2) is 24.7 Å². The number of hydrogen-bond donors (Lipinski definition) is 1. The van der Waals surface area contributed by atoms with Crippen molar-refractivity contribution in [3.63, 3.8) is 0 Å². The van der Waals surface area contributed by atoms with E-state index in [9.17, 15) is 9.59 Å². The van der Waals surface area contributed by atoms with E-state index in [2.05, 4.69) is 32.2 Å². The molecule has 5 nitrogen and oxygen atoms in total. The first kappa shape index (κ1) is 25.2. The number of carbonyl (C=O) groups excluding carboxylic acids is 2. The summed E-state index contributed by atoms with van der Waals surface area (Å²) >= 11 is 0. The molecule has 2 aromatic carbocycles. The van der Waals surface area contributed by atoms with Gasteiger partial charge >= 0.3 is 12.1 Å². The Morgan fingerprint density at radius 1 is 0.906 bits per heavy atom. The molecule has 1 unspecified atom stereocenters. The van der Waals surface area contributed by atoms with Gasteiger partial charge in [0, 0.05) is 6.42 Å². The highest BCUT2D eigenvalue weighted by molar-refractivity contribution is 5.81. The van der Waals surface area contributed by atoms with E-state index in [0.717, 1.165) is 30.4 Å². The van der Waals surface area contributed by atoms with Gasteiger partial charge in [0.05, 0.1) is 6.61 Å². The van der Waals surface area contributed by atoms with E-state index in [1.165, 1.54) is 5.57 Å². The highest BCUT2D eigenvalue weighted by atomic mass is 16.6. The minimum atomic E-state index is -0.804. The lowest BCUT2D eigenvalue weighted by Gasteiger charge is -2.18. The molecule has 0 radical (unpaired) electrons. The fraction of sp³-hybridized carbons (Fsp3) is 0.407. The van der Waals surface area contributed by atoms with Crippen molar-refractivity contribution in [1.29, 1.82) is 0 Å². The maximum atomic E-state index is 12.7. The van der Waals surface area contributed by atoms with Gasteiger partial charge in [-0.25, -0.2) is 9.59 Å². The fourth-order valence-electron chi connectivity index (χ4n) is 3.21. The molecule has 0 bridgehead atoms. The molecule has 5 heteroatoms. The number of nitrogens with one attached hydrogen (secondary N) is 1. The lowest BCUT2D eigenvalue weighted by atomic mass is 10.0. The number of alkyl carbamates (subject to hydrolysis) is 1. The Labute approximate surface area is 191 Å². The van der Waals surface area contributed by atoms with Gasteiger partial charge in [-0.1, -0.05) is 79.2 Å². The Morgan fingerprint density at radius 2 is 1.53 bits per heavy atom. The number of benzene rings is 2. The zero-order valence-electron chi connectivity index (χ0n) is 19.4. The summed E-state index contributed by atoms with van der Waals surface area (Å²) in [6, 6.07) is 18.2. The summed E-state index contributed by atoms with van der Waals surface area (Å²) < 4.78 is 10.8. The van der Waals surface area contributed by atoms with Crippen molar-refractivity contribution in [2.75, 3.05) is 6.61 Å². The van der Waals surface area contributed by atoms with Gasteiger partial charge in [0.2, 0.25) is 0 Å². The normalized spacial score (nSPS) is 12.3. The molecule has 172 valence electrons. The van der Waals surface area contributed by atoms with Crippen molar-refractivity contribution >= 4 is 12.1 Å². The van der Waals surface area contributed by atoms with Crippen molar-refractivity contribution in [1.82, 2.24) is 5.32 Å². The second-order valence-electron chi connectivity index (χ2n) is 8.37. The third-order valence-corrected chi connectivity index (χ3v) is 5.14. The summed E-state index contributed by atoms with van der Waals surface area (Å²) in [6.07, 6.45) is 4.81. The second-order valence-corrected chi connectivity index (χ2v) is 8.37. The van der Waals surface area contributed by atoms with Gasteiger partial charge in [-0.3, -0.25) is 0 Å². The fourth-order valence-corrected chi connectivity index (χ4v) is 3.21. The van der Waals surface area contributed by atoms with Crippen LogP contribution < -0.4 is 5.32 Å². The Morgan fingerprint density at radius 3 is 2.16 bits per heavy atom. The molecule has 0 aliphatic heterocycles. The highest BCUT2D eigenvalue weighted by Gasteiger charge is 2.23. The van der Waals surface area contributed by atoms with Crippen LogP contribution in [0.5, 0.6) is 0 Å². The van der Waals surface area contributed by atoms with E-state index in [1.807, 2.05) is 60.7 Å². The molecule has 0 fully saturated rings. The van der Waals surface area contributed by atoms with Crippen molar-refractivity contribution in [3.8, 4) is 0 Å². The summed E-state index contributed by atoms with van der Waals surface area (Å²) in [5.74, 6) is 0.0109. The van der Waals surface area contributed by atoms with Gasteiger partial charge in [-0.05, 0) is 50.2 Å². The lowest BCUT2D eigenvalue weighted by molar-refractivity contribution is -0.146. The van der Waals surface area contributed by atoms with Crippen LogP contribution in [0.15, 0.2) is 72.3 Å². The first-order valence-corrected chi connectivity index (χ1v) is 11.2. The number of esters is 1. The largest absolute Gasteiger partial charge is 0.464 e. The zero-order chi connectivity index (χ0) is 23.2. The zero-order valence-corrected chi connectivity index (χ0v) is 19.4. The Hall–Kier alpha value is -3.08. The maximum Gasteiger partial charge on any atom is 0.408 e. The summed E-state index contributed by atoms with van der Waals surface area (Å²) in [7, 11) is 0. The van der Waals surface area contributed by atoms with E-state index in [4.69, 9.17) is 9.47 Å². The molecule has 2 atom stereocenters. The standard InChI is InChI=1S/C27H35NO4/c1-21(2)11-10-12-22(3)17-18-31-26(29)25(19-23-13-6-4-7-14-23)28-27(30)32-20-24-15-8-5-9-16-24/h4-9,11,13-16,22,25H,10,12,17-20H2,1-3H3,(H,28,30)/t22?,25-/m0/s1. The van der Waals surface area contributed by atoms with Crippen LogP contribution in [0.4, 0.5) is 4.79 Å². The van der Waals surface area contributed by atoms with Gasteiger partial charge < -0.3 is 14.8 Å². The van der Waals surface area contributed by atoms with E-state index in [-0.39, 0.29) is 6.61 Å². The van der Waals surface area contributed by atoms with E-state index < -0.39 is 18.1 Å². The number of allylic oxidation sites excluding steroid dienone is 2. The molecule has 0 saturated carbocycles. The van der Waals surface area contributed by atoms with Gasteiger partial charge in [-0.15, -0.1) is 0 Å². The van der Waals surface area contributed by atoms with E-state index in [1.54, 1.807) is 0 Å². The molecule has 2 rings (SSSR count). The molecule has 1 N–H and O–H groups in total. The van der Waals surface area contributed by atoms with Crippen molar-refractivity contribution in [2.24, 2.45) is 5.92 Å². The number of rotatable bonds is 12. The van der Waals surface area contributed by atoms with Gasteiger partial charge in [0.1, 0.15) is 12.6 Å². The molecule has 0 spiro atoms. The van der Waals surface area contributed by atoms with E-state index >= 15 is 0 Å². The van der Waals surface area contributed by atoms with Crippen LogP contribution in [0, 0.1) is 5.92 Å². The number of carbonyl (C=O) groups is 2. The molecule has 0 aromatic heterocycles. The lowest BCUT2D eigenvalue weighted by Crippen LogP contribution is -2.43. The Bertz CT molecular complexity index is 844. The van der Waals surface area contributed by atoms with Crippen molar-refractivity contribution in [3.05, 3.63) is 83.4 Å². The molecular weight excluding hydrogens is 402 g/mol. The average Bonchev–Trinajstić information content (AvgIpc) is 2.78. The molecule has 0 aliphatic carbocycles. The van der Waals surface area contributed by atoms with Gasteiger partial charge in [0.25, 0.3) is 0 Å². The quantitative estimate of drug-likeness (QED) is 0.335. The monoisotopic (exact) mass is 437 g/mol. The van der Waals surface area contributed by atoms with Crippen LogP contribution in [0.25, 0.3) is 0 Å². The molecule has 0 aliphatic rings. The molecule has 2 aromatic rings.